The third-order valence-corrected chi connectivity index (χ3v) is 3.75. The third kappa shape index (κ3) is 2.66. The highest BCUT2D eigenvalue weighted by Crippen LogP contribution is 2.23. The molecule has 0 amide bonds. The first-order chi connectivity index (χ1) is 9.74. The van der Waals surface area contributed by atoms with Crippen molar-refractivity contribution in [3.8, 4) is 5.69 Å². The van der Waals surface area contributed by atoms with Crippen LogP contribution < -0.4 is 5.32 Å². The summed E-state index contributed by atoms with van der Waals surface area (Å²) in [5.74, 6) is -0.551. The molecule has 1 aromatic heterocycles. The highest BCUT2D eigenvalue weighted by atomic mass is 19.1. The molecule has 106 valence electrons. The summed E-state index contributed by atoms with van der Waals surface area (Å²) < 4.78 is 28.5. The second-order valence-electron chi connectivity index (χ2n) is 5.20. The van der Waals surface area contributed by atoms with Crippen molar-refractivity contribution in [2.75, 3.05) is 5.32 Å². The smallest absolute Gasteiger partial charge is 0.207 e. The van der Waals surface area contributed by atoms with Crippen LogP contribution in [0.1, 0.15) is 32.1 Å². The van der Waals surface area contributed by atoms with Crippen LogP contribution in [0.15, 0.2) is 30.6 Å². The molecule has 0 radical (unpaired) electrons. The molecule has 1 fully saturated rings. The SMILES string of the molecule is Fc1ccc(-n2ccnc2NC2CCCCC2)c(F)c1. The van der Waals surface area contributed by atoms with E-state index in [-0.39, 0.29) is 0 Å². The second-order valence-corrected chi connectivity index (χ2v) is 5.20. The number of benzene rings is 1. The van der Waals surface area contributed by atoms with Crippen LogP contribution in [-0.2, 0) is 0 Å². The van der Waals surface area contributed by atoms with Gasteiger partial charge < -0.3 is 5.32 Å². The summed E-state index contributed by atoms with van der Waals surface area (Å²) in [6, 6.07) is 3.95. The minimum atomic E-state index is -0.588. The van der Waals surface area contributed by atoms with Crippen molar-refractivity contribution < 1.29 is 8.78 Å². The molecule has 20 heavy (non-hydrogen) atoms. The van der Waals surface area contributed by atoms with Gasteiger partial charge in [-0.05, 0) is 25.0 Å². The van der Waals surface area contributed by atoms with Gasteiger partial charge in [0.2, 0.25) is 5.95 Å². The van der Waals surface area contributed by atoms with Gasteiger partial charge in [-0.2, -0.15) is 0 Å². The Morgan fingerprint density at radius 1 is 1.15 bits per heavy atom. The van der Waals surface area contributed by atoms with E-state index in [1.54, 1.807) is 17.0 Å². The van der Waals surface area contributed by atoms with E-state index in [4.69, 9.17) is 0 Å². The number of nitrogens with zero attached hydrogens (tertiary/aromatic N) is 2. The van der Waals surface area contributed by atoms with Crippen LogP contribution in [-0.4, -0.2) is 15.6 Å². The van der Waals surface area contributed by atoms with Crippen molar-refractivity contribution in [3.05, 3.63) is 42.2 Å². The quantitative estimate of drug-likeness (QED) is 0.922. The van der Waals surface area contributed by atoms with Crippen LogP contribution >= 0.6 is 0 Å². The number of imidazole rings is 1. The van der Waals surface area contributed by atoms with Crippen molar-refractivity contribution >= 4 is 5.95 Å². The summed E-state index contributed by atoms with van der Waals surface area (Å²) in [6.45, 7) is 0. The molecule has 0 atom stereocenters. The normalized spacial score (nSPS) is 16.3. The third-order valence-electron chi connectivity index (χ3n) is 3.75. The average molecular weight is 277 g/mol. The lowest BCUT2D eigenvalue weighted by atomic mass is 9.96. The highest BCUT2D eigenvalue weighted by molar-refractivity contribution is 5.43. The van der Waals surface area contributed by atoms with Crippen molar-refractivity contribution in [2.45, 2.75) is 38.1 Å². The molecular formula is C15H17F2N3. The summed E-state index contributed by atoms with van der Waals surface area (Å²) in [6.07, 6.45) is 9.22. The summed E-state index contributed by atoms with van der Waals surface area (Å²) in [5, 5.41) is 3.36. The highest BCUT2D eigenvalue weighted by Gasteiger charge is 2.16. The number of hydrogen-bond donors (Lipinski definition) is 1. The van der Waals surface area contributed by atoms with Gasteiger partial charge in [0.05, 0.1) is 5.69 Å². The molecule has 1 aromatic carbocycles. The number of anilines is 1. The van der Waals surface area contributed by atoms with Crippen LogP contribution in [0.25, 0.3) is 5.69 Å². The standard InChI is InChI=1S/C15H17F2N3/c16-11-6-7-14(13(17)10-11)20-9-8-18-15(20)19-12-4-2-1-3-5-12/h6-10,12H,1-5H2,(H,18,19). The van der Waals surface area contributed by atoms with E-state index in [0.29, 0.717) is 17.7 Å². The van der Waals surface area contributed by atoms with Gasteiger partial charge in [-0.1, -0.05) is 19.3 Å². The van der Waals surface area contributed by atoms with E-state index >= 15 is 0 Å². The van der Waals surface area contributed by atoms with Gasteiger partial charge in [0, 0.05) is 24.5 Å². The largest absolute Gasteiger partial charge is 0.353 e. The zero-order chi connectivity index (χ0) is 13.9. The fraction of sp³-hybridized carbons (Fsp3) is 0.400. The molecule has 0 bridgehead atoms. The van der Waals surface area contributed by atoms with Crippen LogP contribution in [0.4, 0.5) is 14.7 Å². The maximum absolute atomic E-state index is 13.9. The summed E-state index contributed by atoms with van der Waals surface area (Å²) in [7, 11) is 0. The Morgan fingerprint density at radius 3 is 2.70 bits per heavy atom. The van der Waals surface area contributed by atoms with E-state index in [0.717, 1.165) is 18.9 Å². The first kappa shape index (κ1) is 13.1. The summed E-state index contributed by atoms with van der Waals surface area (Å²) >= 11 is 0. The van der Waals surface area contributed by atoms with Gasteiger partial charge in [-0.3, -0.25) is 4.57 Å². The molecule has 3 nitrogen and oxygen atoms in total. The number of aromatic nitrogens is 2. The van der Waals surface area contributed by atoms with Gasteiger partial charge in [0.25, 0.3) is 0 Å². The van der Waals surface area contributed by atoms with Gasteiger partial charge >= 0.3 is 0 Å². The summed E-state index contributed by atoms with van der Waals surface area (Å²) in [4.78, 5) is 4.24. The molecule has 1 heterocycles. The van der Waals surface area contributed by atoms with Gasteiger partial charge in [-0.25, -0.2) is 13.8 Å². The molecule has 0 spiro atoms. The average Bonchev–Trinajstić information content (AvgIpc) is 2.88. The zero-order valence-corrected chi connectivity index (χ0v) is 11.1. The minimum Gasteiger partial charge on any atom is -0.353 e. The lowest BCUT2D eigenvalue weighted by Crippen LogP contribution is -2.24. The van der Waals surface area contributed by atoms with Crippen molar-refractivity contribution in [1.82, 2.24) is 9.55 Å². The van der Waals surface area contributed by atoms with Crippen molar-refractivity contribution in [2.24, 2.45) is 0 Å². The number of halogens is 2. The number of rotatable bonds is 3. The molecule has 0 saturated heterocycles. The van der Waals surface area contributed by atoms with Crippen molar-refractivity contribution in [3.63, 3.8) is 0 Å². The Morgan fingerprint density at radius 2 is 1.95 bits per heavy atom. The maximum Gasteiger partial charge on any atom is 0.207 e. The predicted octanol–water partition coefficient (Wildman–Crippen LogP) is 3.90. The first-order valence-corrected chi connectivity index (χ1v) is 6.99. The lowest BCUT2D eigenvalue weighted by molar-refractivity contribution is 0.460. The Balaban J connectivity index is 1.85. The maximum atomic E-state index is 13.9. The molecule has 1 saturated carbocycles. The van der Waals surface area contributed by atoms with E-state index in [1.165, 1.54) is 31.4 Å². The fourth-order valence-electron chi connectivity index (χ4n) is 2.71. The molecule has 0 unspecified atom stereocenters. The second kappa shape index (κ2) is 5.61. The fourth-order valence-corrected chi connectivity index (χ4v) is 2.71. The molecule has 1 N–H and O–H groups in total. The van der Waals surface area contributed by atoms with Gasteiger partial charge in [0.1, 0.15) is 11.6 Å². The van der Waals surface area contributed by atoms with Crippen molar-refractivity contribution in [1.29, 1.82) is 0 Å². The molecule has 1 aliphatic rings. The molecule has 5 heteroatoms. The Labute approximate surface area is 116 Å². The Bertz CT molecular complexity index is 589. The first-order valence-electron chi connectivity index (χ1n) is 6.99. The predicted molar refractivity (Wildman–Crippen MR) is 74.0 cm³/mol. The van der Waals surface area contributed by atoms with Crippen LogP contribution in [0, 0.1) is 11.6 Å². The molecular weight excluding hydrogens is 260 g/mol. The minimum absolute atomic E-state index is 0.308. The Kier molecular flexibility index (Phi) is 3.67. The van der Waals surface area contributed by atoms with Crippen LogP contribution in [0.2, 0.25) is 0 Å². The van der Waals surface area contributed by atoms with Crippen LogP contribution in [0.3, 0.4) is 0 Å². The van der Waals surface area contributed by atoms with Gasteiger partial charge in [-0.15, -0.1) is 0 Å². The van der Waals surface area contributed by atoms with E-state index in [9.17, 15) is 8.78 Å². The molecule has 0 aliphatic heterocycles. The number of nitrogens with one attached hydrogen (secondary N) is 1. The summed E-state index contributed by atoms with van der Waals surface area (Å²) in [5.41, 5.74) is 0.308. The molecule has 1 aliphatic carbocycles. The Hall–Kier alpha value is -1.91. The zero-order valence-electron chi connectivity index (χ0n) is 11.1. The molecule has 2 aromatic rings. The van der Waals surface area contributed by atoms with Gasteiger partial charge in [0.15, 0.2) is 0 Å². The molecule has 3 rings (SSSR count). The topological polar surface area (TPSA) is 29.9 Å². The van der Waals surface area contributed by atoms with E-state index in [2.05, 4.69) is 10.3 Å². The number of hydrogen-bond acceptors (Lipinski definition) is 2. The monoisotopic (exact) mass is 277 g/mol. The van der Waals surface area contributed by atoms with Crippen LogP contribution in [0.5, 0.6) is 0 Å². The lowest BCUT2D eigenvalue weighted by Gasteiger charge is -2.23. The van der Waals surface area contributed by atoms with E-state index in [1.807, 2.05) is 0 Å². The van der Waals surface area contributed by atoms with E-state index < -0.39 is 11.6 Å².